The first-order chi connectivity index (χ1) is 11.0. The van der Waals surface area contributed by atoms with Gasteiger partial charge in [0.2, 0.25) is 11.8 Å². The molecular weight excluding hydrogens is 296 g/mol. The zero-order valence-electron chi connectivity index (χ0n) is 13.2. The summed E-state index contributed by atoms with van der Waals surface area (Å²) in [5.74, 6) is -1.94. The smallest absolute Gasteiger partial charge is 0.326 e. The Morgan fingerprint density at radius 3 is 2.65 bits per heavy atom. The molecule has 0 aliphatic carbocycles. The van der Waals surface area contributed by atoms with Crippen molar-refractivity contribution < 1.29 is 19.5 Å². The van der Waals surface area contributed by atoms with Crippen LogP contribution in [0.15, 0.2) is 30.3 Å². The number of carbonyl (C=O) groups is 3. The van der Waals surface area contributed by atoms with Crippen LogP contribution in [0.2, 0.25) is 0 Å². The van der Waals surface area contributed by atoms with E-state index in [4.69, 9.17) is 5.11 Å². The molecule has 6 heteroatoms. The van der Waals surface area contributed by atoms with Crippen molar-refractivity contribution in [3.63, 3.8) is 0 Å². The van der Waals surface area contributed by atoms with Gasteiger partial charge in [-0.2, -0.15) is 0 Å². The lowest BCUT2D eigenvalue weighted by Crippen LogP contribution is -2.44. The molecule has 23 heavy (non-hydrogen) atoms. The second kappa shape index (κ2) is 7.76. The van der Waals surface area contributed by atoms with E-state index in [0.717, 1.165) is 5.56 Å². The Labute approximate surface area is 135 Å². The number of aliphatic carboxylic acids is 1. The molecule has 0 spiro atoms. The molecule has 0 bridgehead atoms. The number of nitrogens with one attached hydrogen (secondary N) is 1. The van der Waals surface area contributed by atoms with Crippen LogP contribution in [0.3, 0.4) is 0 Å². The minimum atomic E-state index is -1.04. The standard InChI is InChI=1S/C17H22N2O4/c1-2-6-14(17(22)23)18-16(21)13-9-15(20)19(11-13)10-12-7-4-3-5-8-12/h3-5,7-8,13-14H,2,6,9-11H2,1H3,(H,18,21)(H,22,23). The van der Waals surface area contributed by atoms with Gasteiger partial charge >= 0.3 is 5.97 Å². The lowest BCUT2D eigenvalue weighted by Gasteiger charge is -2.18. The van der Waals surface area contributed by atoms with Crippen LogP contribution < -0.4 is 5.32 Å². The highest BCUT2D eigenvalue weighted by Gasteiger charge is 2.35. The predicted molar refractivity (Wildman–Crippen MR) is 84.4 cm³/mol. The summed E-state index contributed by atoms with van der Waals surface area (Å²) >= 11 is 0. The van der Waals surface area contributed by atoms with Gasteiger partial charge in [-0.15, -0.1) is 0 Å². The highest BCUT2D eigenvalue weighted by molar-refractivity contribution is 5.91. The van der Waals surface area contributed by atoms with E-state index in [2.05, 4.69) is 5.32 Å². The summed E-state index contributed by atoms with van der Waals surface area (Å²) < 4.78 is 0. The van der Waals surface area contributed by atoms with Crippen molar-refractivity contribution in [2.45, 2.75) is 38.8 Å². The summed E-state index contributed by atoms with van der Waals surface area (Å²) in [4.78, 5) is 37.1. The Hall–Kier alpha value is -2.37. The van der Waals surface area contributed by atoms with Crippen molar-refractivity contribution in [3.8, 4) is 0 Å². The summed E-state index contributed by atoms with van der Waals surface area (Å²) in [6.07, 6.45) is 1.19. The van der Waals surface area contributed by atoms with Crippen molar-refractivity contribution in [1.29, 1.82) is 0 Å². The molecule has 2 rings (SSSR count). The average molecular weight is 318 g/mol. The molecule has 2 atom stereocenters. The van der Waals surface area contributed by atoms with Gasteiger partial charge in [0.05, 0.1) is 5.92 Å². The number of nitrogens with zero attached hydrogens (tertiary/aromatic N) is 1. The summed E-state index contributed by atoms with van der Waals surface area (Å²) in [5.41, 5.74) is 1.01. The van der Waals surface area contributed by atoms with E-state index < -0.39 is 17.9 Å². The van der Waals surface area contributed by atoms with Gasteiger partial charge in [0.15, 0.2) is 0 Å². The van der Waals surface area contributed by atoms with Crippen molar-refractivity contribution in [1.82, 2.24) is 10.2 Å². The molecule has 0 aromatic heterocycles. The fourth-order valence-electron chi connectivity index (χ4n) is 2.74. The topological polar surface area (TPSA) is 86.7 Å². The zero-order chi connectivity index (χ0) is 16.8. The normalized spacial score (nSPS) is 18.7. The quantitative estimate of drug-likeness (QED) is 0.796. The second-order valence-electron chi connectivity index (χ2n) is 5.85. The van der Waals surface area contributed by atoms with Gasteiger partial charge in [-0.3, -0.25) is 9.59 Å². The third kappa shape index (κ3) is 4.55. The molecular formula is C17H22N2O4. The molecule has 1 saturated heterocycles. The first-order valence-corrected chi connectivity index (χ1v) is 7.86. The Morgan fingerprint density at radius 2 is 2.04 bits per heavy atom. The maximum absolute atomic E-state index is 12.2. The zero-order valence-corrected chi connectivity index (χ0v) is 13.2. The summed E-state index contributed by atoms with van der Waals surface area (Å²) in [6.45, 7) is 2.67. The minimum absolute atomic E-state index is 0.0728. The van der Waals surface area contributed by atoms with E-state index in [-0.39, 0.29) is 18.2 Å². The van der Waals surface area contributed by atoms with Gasteiger partial charge in [0.25, 0.3) is 0 Å². The van der Waals surface area contributed by atoms with Crippen molar-refractivity contribution in [3.05, 3.63) is 35.9 Å². The molecule has 2 unspecified atom stereocenters. The lowest BCUT2D eigenvalue weighted by molar-refractivity contribution is -0.142. The van der Waals surface area contributed by atoms with E-state index in [0.29, 0.717) is 25.9 Å². The monoisotopic (exact) mass is 318 g/mol. The number of carboxylic acid groups (broad SMARTS) is 1. The fourth-order valence-corrected chi connectivity index (χ4v) is 2.74. The number of hydrogen-bond donors (Lipinski definition) is 2. The minimum Gasteiger partial charge on any atom is -0.480 e. The molecule has 1 aliphatic rings. The van der Waals surface area contributed by atoms with E-state index in [1.807, 2.05) is 37.3 Å². The van der Waals surface area contributed by atoms with E-state index in [1.165, 1.54) is 0 Å². The maximum atomic E-state index is 12.2. The highest BCUT2D eigenvalue weighted by Crippen LogP contribution is 2.20. The largest absolute Gasteiger partial charge is 0.480 e. The molecule has 0 saturated carbocycles. The molecule has 1 aromatic carbocycles. The molecule has 2 N–H and O–H groups in total. The number of carboxylic acids is 1. The van der Waals surface area contributed by atoms with Crippen molar-refractivity contribution in [2.75, 3.05) is 6.54 Å². The number of carbonyl (C=O) groups excluding carboxylic acids is 2. The summed E-state index contributed by atoms with van der Waals surface area (Å²) in [5, 5.41) is 11.6. The van der Waals surface area contributed by atoms with Crippen LogP contribution >= 0.6 is 0 Å². The van der Waals surface area contributed by atoms with Gasteiger partial charge in [-0.1, -0.05) is 43.7 Å². The first kappa shape index (κ1) is 17.0. The third-order valence-corrected chi connectivity index (χ3v) is 3.99. The van der Waals surface area contributed by atoms with Gasteiger partial charge in [-0.25, -0.2) is 4.79 Å². The van der Waals surface area contributed by atoms with E-state index >= 15 is 0 Å². The van der Waals surface area contributed by atoms with Gasteiger partial charge in [0.1, 0.15) is 6.04 Å². The molecule has 6 nitrogen and oxygen atoms in total. The van der Waals surface area contributed by atoms with Crippen molar-refractivity contribution in [2.24, 2.45) is 5.92 Å². The van der Waals surface area contributed by atoms with Gasteiger partial charge in [-0.05, 0) is 12.0 Å². The maximum Gasteiger partial charge on any atom is 0.326 e. The fraction of sp³-hybridized carbons (Fsp3) is 0.471. The molecule has 1 fully saturated rings. The predicted octanol–water partition coefficient (Wildman–Crippen LogP) is 1.40. The van der Waals surface area contributed by atoms with Crippen LogP contribution in [0.1, 0.15) is 31.7 Å². The van der Waals surface area contributed by atoms with Crippen LogP contribution in [0.25, 0.3) is 0 Å². The Morgan fingerprint density at radius 1 is 1.35 bits per heavy atom. The van der Waals surface area contributed by atoms with Crippen molar-refractivity contribution >= 4 is 17.8 Å². The molecule has 0 radical (unpaired) electrons. The number of benzene rings is 1. The van der Waals surface area contributed by atoms with Gasteiger partial charge in [0, 0.05) is 19.5 Å². The number of likely N-dealkylation sites (tertiary alicyclic amines) is 1. The highest BCUT2D eigenvalue weighted by atomic mass is 16.4. The third-order valence-electron chi connectivity index (χ3n) is 3.99. The Bertz CT molecular complexity index is 573. The lowest BCUT2D eigenvalue weighted by atomic mass is 10.1. The molecule has 1 heterocycles. The Balaban J connectivity index is 1.93. The van der Waals surface area contributed by atoms with Crippen LogP contribution in [0, 0.1) is 5.92 Å². The molecule has 1 aliphatic heterocycles. The first-order valence-electron chi connectivity index (χ1n) is 7.86. The molecule has 1 aromatic rings. The van der Waals surface area contributed by atoms with Crippen LogP contribution in [0.4, 0.5) is 0 Å². The second-order valence-corrected chi connectivity index (χ2v) is 5.85. The SMILES string of the molecule is CCCC(NC(=O)C1CC(=O)N(Cc2ccccc2)C1)C(=O)O. The van der Waals surface area contributed by atoms with Crippen LogP contribution in [-0.4, -0.2) is 40.4 Å². The Kier molecular flexibility index (Phi) is 5.73. The van der Waals surface area contributed by atoms with Gasteiger partial charge < -0.3 is 15.3 Å². The summed E-state index contributed by atoms with van der Waals surface area (Å²) in [6, 6.07) is 8.70. The number of hydrogen-bond acceptors (Lipinski definition) is 3. The van der Waals surface area contributed by atoms with E-state index in [1.54, 1.807) is 4.90 Å². The number of rotatable bonds is 7. The number of amides is 2. The van der Waals surface area contributed by atoms with Crippen LogP contribution in [0.5, 0.6) is 0 Å². The molecule has 124 valence electrons. The van der Waals surface area contributed by atoms with E-state index in [9.17, 15) is 14.4 Å². The molecule has 2 amide bonds. The average Bonchev–Trinajstić information content (AvgIpc) is 2.89. The summed E-state index contributed by atoms with van der Waals surface area (Å²) in [7, 11) is 0. The van der Waals surface area contributed by atoms with Crippen LogP contribution in [-0.2, 0) is 20.9 Å².